The molecule has 0 spiro atoms. The van der Waals surface area contributed by atoms with Crippen molar-refractivity contribution in [2.75, 3.05) is 38.2 Å². The number of nitrogens with zero attached hydrogens (tertiary/aromatic N) is 2. The predicted octanol–water partition coefficient (Wildman–Crippen LogP) is 4.72. The van der Waals surface area contributed by atoms with Crippen LogP contribution in [-0.2, 0) is 4.79 Å². The van der Waals surface area contributed by atoms with E-state index in [2.05, 4.69) is 16.8 Å². The summed E-state index contributed by atoms with van der Waals surface area (Å²) in [5, 5.41) is 10.5. The van der Waals surface area contributed by atoms with Gasteiger partial charge in [0.05, 0.1) is 24.7 Å². The molecule has 3 unspecified atom stereocenters. The maximum Gasteiger partial charge on any atom is 0.308 e. The largest absolute Gasteiger partial charge is 0.497 e. The van der Waals surface area contributed by atoms with Gasteiger partial charge in [-0.15, -0.1) is 0 Å². The van der Waals surface area contributed by atoms with Crippen LogP contribution in [0.15, 0.2) is 24.4 Å². The van der Waals surface area contributed by atoms with Crippen molar-refractivity contribution in [2.45, 2.75) is 45.1 Å². The van der Waals surface area contributed by atoms with Gasteiger partial charge in [0.15, 0.2) is 0 Å². The third-order valence-corrected chi connectivity index (χ3v) is 7.69. The number of aromatic nitrogens is 1. The summed E-state index contributed by atoms with van der Waals surface area (Å²) in [5.74, 6) is 1.28. The van der Waals surface area contributed by atoms with Crippen molar-refractivity contribution in [3.8, 4) is 5.75 Å². The summed E-state index contributed by atoms with van der Waals surface area (Å²) in [7, 11) is 1.57. The fraction of sp³-hybridized carbons (Fsp3) is 0.600. The van der Waals surface area contributed by atoms with E-state index in [1.165, 1.54) is 24.8 Å². The molecule has 3 N–H and O–H groups in total. The minimum atomic E-state index is -0.748. The number of carboxylic acids is 1. The molecule has 0 aliphatic carbocycles. The van der Waals surface area contributed by atoms with E-state index in [4.69, 9.17) is 10.5 Å². The number of hydrogen-bond donors (Lipinski definition) is 2. The number of likely N-dealkylation sites (tertiary alicyclic amines) is 1. The van der Waals surface area contributed by atoms with Crippen LogP contribution in [0.3, 0.4) is 0 Å². The second-order valence-electron chi connectivity index (χ2n) is 8.85. The first-order chi connectivity index (χ1) is 15.9. The van der Waals surface area contributed by atoms with Crippen LogP contribution >= 0.6 is 11.8 Å². The van der Waals surface area contributed by atoms with Crippen LogP contribution in [0, 0.1) is 17.7 Å². The first-order valence-electron chi connectivity index (χ1n) is 11.8. The van der Waals surface area contributed by atoms with Gasteiger partial charge < -0.3 is 20.5 Å². The number of thioether (sulfide) groups is 1. The van der Waals surface area contributed by atoms with Gasteiger partial charge in [-0.1, -0.05) is 13.3 Å². The molecule has 2 aromatic rings. The fourth-order valence-electron chi connectivity index (χ4n) is 4.65. The van der Waals surface area contributed by atoms with Crippen molar-refractivity contribution in [2.24, 2.45) is 17.6 Å². The molecule has 6 nitrogen and oxygen atoms in total. The average Bonchev–Trinajstić information content (AvgIpc) is 2.82. The molecule has 1 fully saturated rings. The number of ether oxygens (including phenoxy) is 1. The number of unbranched alkanes of at least 4 members (excludes halogenated alkanes) is 1. The third-order valence-electron chi connectivity index (χ3n) is 6.64. The Morgan fingerprint density at radius 2 is 2.24 bits per heavy atom. The maximum absolute atomic E-state index is 14.7. The topological polar surface area (TPSA) is 88.7 Å². The first kappa shape index (κ1) is 25.7. The Kier molecular flexibility index (Phi) is 9.77. The molecule has 1 aromatic carbocycles. The fourth-order valence-corrected chi connectivity index (χ4v) is 5.73. The van der Waals surface area contributed by atoms with Gasteiger partial charge in [0.25, 0.3) is 0 Å². The van der Waals surface area contributed by atoms with Gasteiger partial charge in [-0.3, -0.25) is 9.78 Å². The van der Waals surface area contributed by atoms with Crippen LogP contribution in [-0.4, -0.2) is 59.2 Å². The summed E-state index contributed by atoms with van der Waals surface area (Å²) in [4.78, 5) is 18.4. The summed E-state index contributed by atoms with van der Waals surface area (Å²) >= 11 is 1.94. The van der Waals surface area contributed by atoms with Gasteiger partial charge >= 0.3 is 5.97 Å². The Hall–Kier alpha value is -1.90. The van der Waals surface area contributed by atoms with E-state index in [0.717, 1.165) is 25.3 Å². The summed E-state index contributed by atoms with van der Waals surface area (Å²) in [6.45, 7) is 4.60. The number of fused-ring (bicyclic) bond motifs is 1. The minimum Gasteiger partial charge on any atom is -0.497 e. The number of hydrogen-bond acceptors (Lipinski definition) is 6. The van der Waals surface area contributed by atoms with Crippen molar-refractivity contribution in [3.05, 3.63) is 35.8 Å². The summed E-state index contributed by atoms with van der Waals surface area (Å²) in [6.07, 6.45) is 5.65. The van der Waals surface area contributed by atoms with Crippen molar-refractivity contribution in [1.29, 1.82) is 0 Å². The molecule has 182 valence electrons. The first-order valence-corrected chi connectivity index (χ1v) is 13.0. The van der Waals surface area contributed by atoms with E-state index in [-0.39, 0.29) is 5.92 Å². The van der Waals surface area contributed by atoms with Gasteiger partial charge in [0.2, 0.25) is 0 Å². The lowest BCUT2D eigenvalue weighted by atomic mass is 9.81. The van der Waals surface area contributed by atoms with Crippen molar-refractivity contribution in [3.63, 3.8) is 0 Å². The molecule has 33 heavy (non-hydrogen) atoms. The minimum absolute atomic E-state index is 0.0447. The monoisotopic (exact) mass is 477 g/mol. The highest BCUT2D eigenvalue weighted by molar-refractivity contribution is 7.99. The lowest BCUT2D eigenvalue weighted by Crippen LogP contribution is -2.44. The normalized spacial score (nSPS) is 20.1. The van der Waals surface area contributed by atoms with E-state index in [1.54, 1.807) is 25.3 Å². The van der Waals surface area contributed by atoms with Crippen LogP contribution in [0.5, 0.6) is 5.75 Å². The molecule has 0 saturated carbocycles. The molecule has 2 heterocycles. The summed E-state index contributed by atoms with van der Waals surface area (Å²) in [5.41, 5.74) is 7.54. The molecule has 0 radical (unpaired) electrons. The second-order valence-corrected chi connectivity index (χ2v) is 10.1. The van der Waals surface area contributed by atoms with Crippen molar-refractivity contribution >= 4 is 28.6 Å². The quantitative estimate of drug-likeness (QED) is 0.428. The van der Waals surface area contributed by atoms with Crippen LogP contribution in [0.2, 0.25) is 0 Å². The Bertz CT molecular complexity index is 929. The molecule has 1 aliphatic heterocycles. The number of rotatable bonds is 12. The number of methoxy groups -OCH3 is 1. The average molecular weight is 478 g/mol. The standard InChI is InChI=1S/C25H36FN3O3S/c1-3-4-12-33-13-11-29-10-9-17(20(16-29)25(30)31)5-7-22(27)24-19-14-18(32-2)6-8-23(19)28-15-21(24)26/h6,8,14-15,17,20,22H,3-5,7,9-13,16,27H2,1-2H3,(H,30,31). The Balaban J connectivity index is 1.62. The van der Waals surface area contributed by atoms with Crippen LogP contribution < -0.4 is 10.5 Å². The number of carbonyl (C=O) groups is 1. The van der Waals surface area contributed by atoms with Gasteiger partial charge in [0, 0.05) is 35.8 Å². The number of carboxylic acid groups (broad SMARTS) is 1. The molecule has 1 aromatic heterocycles. The number of piperidine rings is 1. The van der Waals surface area contributed by atoms with E-state index in [9.17, 15) is 14.3 Å². The van der Waals surface area contributed by atoms with E-state index in [0.29, 0.717) is 41.6 Å². The smallest absolute Gasteiger partial charge is 0.308 e. The maximum atomic E-state index is 14.7. The van der Waals surface area contributed by atoms with Gasteiger partial charge in [-0.2, -0.15) is 11.8 Å². The molecule has 3 atom stereocenters. The van der Waals surface area contributed by atoms with E-state index >= 15 is 0 Å². The molecule has 8 heteroatoms. The Morgan fingerprint density at radius 1 is 1.42 bits per heavy atom. The van der Waals surface area contributed by atoms with E-state index in [1.807, 2.05) is 11.8 Å². The third kappa shape index (κ3) is 6.80. The lowest BCUT2D eigenvalue weighted by Gasteiger charge is -2.37. The molecule has 1 aliphatic rings. The predicted molar refractivity (Wildman–Crippen MR) is 132 cm³/mol. The number of aliphatic carboxylic acids is 1. The highest BCUT2D eigenvalue weighted by Gasteiger charge is 2.34. The van der Waals surface area contributed by atoms with Crippen molar-refractivity contribution in [1.82, 2.24) is 9.88 Å². The van der Waals surface area contributed by atoms with Crippen LogP contribution in [0.25, 0.3) is 10.9 Å². The molecular weight excluding hydrogens is 441 g/mol. The Labute approximate surface area is 200 Å². The zero-order chi connectivity index (χ0) is 23.8. The van der Waals surface area contributed by atoms with Crippen molar-refractivity contribution < 1.29 is 19.0 Å². The number of pyridine rings is 1. The summed E-state index contributed by atoms with van der Waals surface area (Å²) < 4.78 is 20.0. The molecule has 0 amide bonds. The molecular formula is C25H36FN3O3S. The highest BCUT2D eigenvalue weighted by atomic mass is 32.2. The van der Waals surface area contributed by atoms with Gasteiger partial charge in [-0.05, 0) is 62.1 Å². The SMILES string of the molecule is CCCCSCCN1CCC(CCC(N)c2c(F)cnc3ccc(OC)cc23)C(C(=O)O)C1. The van der Waals surface area contributed by atoms with Gasteiger partial charge in [0.1, 0.15) is 11.6 Å². The molecule has 1 saturated heterocycles. The zero-order valence-corrected chi connectivity index (χ0v) is 20.5. The summed E-state index contributed by atoms with van der Waals surface area (Å²) in [6, 6.07) is 4.80. The highest BCUT2D eigenvalue weighted by Crippen LogP contribution is 2.34. The number of nitrogens with two attached hydrogens (primary N) is 1. The van der Waals surface area contributed by atoms with E-state index < -0.39 is 23.7 Å². The number of benzene rings is 1. The van der Waals surface area contributed by atoms with Gasteiger partial charge in [-0.25, -0.2) is 4.39 Å². The van der Waals surface area contributed by atoms with Crippen LogP contribution in [0.1, 0.15) is 50.6 Å². The van der Waals surface area contributed by atoms with Crippen LogP contribution in [0.4, 0.5) is 4.39 Å². The Morgan fingerprint density at radius 3 is 2.97 bits per heavy atom. The molecule has 3 rings (SSSR count). The number of halogens is 1. The second kappa shape index (κ2) is 12.5. The zero-order valence-electron chi connectivity index (χ0n) is 19.6. The lowest BCUT2D eigenvalue weighted by molar-refractivity contribution is -0.146. The molecule has 0 bridgehead atoms.